The minimum atomic E-state index is -1.70. The normalized spacial score (nSPS) is 28.5. The number of nitrogens with zero attached hydrogens (tertiary/aromatic N) is 1. The summed E-state index contributed by atoms with van der Waals surface area (Å²) >= 11 is 0. The smallest absolute Gasteiger partial charge is 0.310 e. The Bertz CT molecular complexity index is 570. The van der Waals surface area contributed by atoms with Gasteiger partial charge < -0.3 is 10.0 Å². The first-order valence-corrected chi connectivity index (χ1v) is 7.20. The van der Waals surface area contributed by atoms with Gasteiger partial charge in [0.15, 0.2) is 6.17 Å². The van der Waals surface area contributed by atoms with Crippen LogP contribution in [0.2, 0.25) is 0 Å². The van der Waals surface area contributed by atoms with E-state index in [1.54, 1.807) is 0 Å². The highest BCUT2D eigenvalue weighted by molar-refractivity contribution is 5.87. The molecule has 0 unspecified atom stereocenters. The van der Waals surface area contributed by atoms with Crippen molar-refractivity contribution in [1.29, 1.82) is 0 Å². The maximum atomic E-state index is 14.3. The number of carboxylic acid groups (broad SMARTS) is 1. The van der Waals surface area contributed by atoms with Crippen molar-refractivity contribution >= 4 is 11.9 Å². The Labute approximate surface area is 122 Å². The van der Waals surface area contributed by atoms with Crippen molar-refractivity contribution in [3.05, 3.63) is 35.9 Å². The van der Waals surface area contributed by atoms with Crippen molar-refractivity contribution in [3.8, 4) is 0 Å². The Kier molecular flexibility index (Phi) is 3.23. The predicted molar refractivity (Wildman–Crippen MR) is 74.3 cm³/mol. The van der Waals surface area contributed by atoms with Gasteiger partial charge in [-0.25, -0.2) is 4.39 Å². The maximum absolute atomic E-state index is 14.3. The summed E-state index contributed by atoms with van der Waals surface area (Å²) in [5.41, 5.74) is -0.0980. The summed E-state index contributed by atoms with van der Waals surface area (Å²) in [6.07, 6.45) is -0.766. The lowest BCUT2D eigenvalue weighted by Crippen LogP contribution is -2.32. The summed E-state index contributed by atoms with van der Waals surface area (Å²) in [4.78, 5) is 25.0. The Hall–Kier alpha value is -1.91. The average Bonchev–Trinajstić information content (AvgIpc) is 3.24. The van der Waals surface area contributed by atoms with Gasteiger partial charge >= 0.3 is 5.97 Å². The van der Waals surface area contributed by atoms with E-state index in [-0.39, 0.29) is 12.6 Å². The van der Waals surface area contributed by atoms with Crippen LogP contribution in [0.5, 0.6) is 0 Å². The third-order valence-electron chi connectivity index (χ3n) is 4.94. The zero-order chi connectivity index (χ0) is 15.2. The van der Waals surface area contributed by atoms with Gasteiger partial charge in [0.1, 0.15) is 0 Å². The number of carbonyl (C=O) groups is 2. The van der Waals surface area contributed by atoms with E-state index in [9.17, 15) is 19.1 Å². The molecular formula is C16H18FNO3. The first-order valence-electron chi connectivity index (χ1n) is 7.20. The predicted octanol–water partition coefficient (Wildman–Crippen LogP) is 2.41. The molecule has 0 spiro atoms. The molecule has 2 aliphatic rings. The van der Waals surface area contributed by atoms with E-state index in [2.05, 4.69) is 0 Å². The van der Waals surface area contributed by atoms with Crippen LogP contribution >= 0.6 is 0 Å². The minimum Gasteiger partial charge on any atom is -0.481 e. The van der Waals surface area contributed by atoms with Gasteiger partial charge in [-0.1, -0.05) is 30.3 Å². The van der Waals surface area contributed by atoms with E-state index in [1.165, 1.54) is 4.90 Å². The Balaban J connectivity index is 1.83. The molecule has 1 aromatic carbocycles. The lowest BCUT2D eigenvalue weighted by molar-refractivity contribution is -0.146. The lowest BCUT2D eigenvalue weighted by atomic mass is 9.87. The molecule has 4 nitrogen and oxygen atoms in total. The molecular weight excluding hydrogens is 273 g/mol. The number of rotatable bonds is 4. The number of halogens is 1. The quantitative estimate of drug-likeness (QED) is 0.926. The molecule has 1 aliphatic carbocycles. The number of carboxylic acids is 1. The maximum Gasteiger partial charge on any atom is 0.310 e. The molecule has 112 valence electrons. The van der Waals surface area contributed by atoms with Gasteiger partial charge in [-0.3, -0.25) is 9.59 Å². The van der Waals surface area contributed by atoms with Crippen molar-refractivity contribution in [1.82, 2.24) is 4.90 Å². The van der Waals surface area contributed by atoms with Gasteiger partial charge in [-0.2, -0.15) is 0 Å². The van der Waals surface area contributed by atoms with Crippen molar-refractivity contribution in [2.75, 3.05) is 6.54 Å². The standard InChI is InChI=1S/C16H18FNO3/c1-10(11-5-3-2-4-6-11)18-9-12(13(17)14(18)19)16(7-8-16)15(20)21/h2-6,10,12-13H,7-9H2,1H3,(H,20,21)/t10-,12-,13+/m0/s1. The van der Waals surface area contributed by atoms with E-state index in [4.69, 9.17) is 0 Å². The number of aliphatic carboxylic acids is 1. The number of benzene rings is 1. The number of alkyl halides is 1. The molecule has 1 aliphatic heterocycles. The van der Waals surface area contributed by atoms with Crippen molar-refractivity contribution in [2.45, 2.75) is 32.0 Å². The van der Waals surface area contributed by atoms with Gasteiger partial charge in [0.2, 0.25) is 0 Å². The molecule has 2 fully saturated rings. The average molecular weight is 291 g/mol. The molecule has 1 amide bonds. The van der Waals surface area contributed by atoms with Crippen LogP contribution in [0, 0.1) is 11.3 Å². The highest BCUT2D eigenvalue weighted by Gasteiger charge is 2.63. The van der Waals surface area contributed by atoms with Crippen molar-refractivity contribution in [3.63, 3.8) is 0 Å². The number of hydrogen-bond donors (Lipinski definition) is 1. The largest absolute Gasteiger partial charge is 0.481 e. The van der Waals surface area contributed by atoms with E-state index in [0.29, 0.717) is 12.8 Å². The second-order valence-corrected chi connectivity index (χ2v) is 6.05. The SMILES string of the molecule is C[C@@H](c1ccccc1)N1C[C@H](C2(C(=O)O)CC2)[C@@H](F)C1=O. The summed E-state index contributed by atoms with van der Waals surface area (Å²) in [6, 6.07) is 9.16. The molecule has 0 aromatic heterocycles. The molecule has 1 saturated heterocycles. The van der Waals surface area contributed by atoms with Gasteiger partial charge in [-0.05, 0) is 25.3 Å². The molecule has 1 saturated carbocycles. The zero-order valence-electron chi connectivity index (χ0n) is 11.8. The van der Waals surface area contributed by atoms with E-state index < -0.39 is 29.4 Å². The van der Waals surface area contributed by atoms with Gasteiger partial charge in [0.25, 0.3) is 5.91 Å². The molecule has 3 atom stereocenters. The van der Waals surface area contributed by atoms with Gasteiger partial charge in [-0.15, -0.1) is 0 Å². The van der Waals surface area contributed by atoms with E-state index in [0.717, 1.165) is 5.56 Å². The third kappa shape index (κ3) is 2.11. The highest BCUT2D eigenvalue weighted by atomic mass is 19.1. The van der Waals surface area contributed by atoms with E-state index >= 15 is 0 Å². The van der Waals surface area contributed by atoms with Gasteiger partial charge in [0, 0.05) is 12.5 Å². The van der Waals surface area contributed by atoms with Crippen molar-refractivity contribution in [2.24, 2.45) is 11.3 Å². The monoisotopic (exact) mass is 291 g/mol. The van der Waals surface area contributed by atoms with Crippen molar-refractivity contribution < 1.29 is 19.1 Å². The molecule has 0 radical (unpaired) electrons. The molecule has 1 N–H and O–H groups in total. The molecule has 5 heteroatoms. The van der Waals surface area contributed by atoms with Crippen LogP contribution in [0.1, 0.15) is 31.4 Å². The molecule has 1 aromatic rings. The first kappa shape index (κ1) is 14.0. The number of hydrogen-bond acceptors (Lipinski definition) is 2. The van der Waals surface area contributed by atoms with Crippen LogP contribution in [-0.2, 0) is 9.59 Å². The van der Waals surface area contributed by atoms with Crippen LogP contribution < -0.4 is 0 Å². The van der Waals surface area contributed by atoms with Crippen LogP contribution in [0.3, 0.4) is 0 Å². The summed E-state index contributed by atoms with van der Waals surface area (Å²) in [5, 5.41) is 9.31. The Morgan fingerprint density at radius 3 is 2.52 bits per heavy atom. The lowest BCUT2D eigenvalue weighted by Gasteiger charge is -2.25. The van der Waals surface area contributed by atoms with Crippen LogP contribution in [0.25, 0.3) is 0 Å². The fraction of sp³-hybridized carbons (Fsp3) is 0.500. The van der Waals surface area contributed by atoms with E-state index in [1.807, 2.05) is 37.3 Å². The minimum absolute atomic E-state index is 0.183. The number of carbonyl (C=O) groups excluding carboxylic acids is 1. The Morgan fingerprint density at radius 2 is 2.00 bits per heavy atom. The topological polar surface area (TPSA) is 57.6 Å². The summed E-state index contributed by atoms with van der Waals surface area (Å²) in [7, 11) is 0. The fourth-order valence-corrected chi connectivity index (χ4v) is 3.32. The van der Waals surface area contributed by atoms with Crippen LogP contribution in [0.15, 0.2) is 30.3 Å². The summed E-state index contributed by atoms with van der Waals surface area (Å²) in [5.74, 6) is -2.28. The summed E-state index contributed by atoms with van der Waals surface area (Å²) < 4.78 is 14.3. The van der Waals surface area contributed by atoms with Gasteiger partial charge in [0.05, 0.1) is 11.5 Å². The molecule has 3 rings (SSSR count). The fourth-order valence-electron chi connectivity index (χ4n) is 3.32. The number of likely N-dealkylation sites (tertiary alicyclic amines) is 1. The second kappa shape index (κ2) is 4.83. The molecule has 0 bridgehead atoms. The third-order valence-corrected chi connectivity index (χ3v) is 4.94. The second-order valence-electron chi connectivity index (χ2n) is 6.05. The van der Waals surface area contributed by atoms with Crippen LogP contribution in [0.4, 0.5) is 4.39 Å². The zero-order valence-corrected chi connectivity index (χ0v) is 11.8. The number of amides is 1. The molecule has 21 heavy (non-hydrogen) atoms. The highest BCUT2D eigenvalue weighted by Crippen LogP contribution is 2.56. The molecule has 1 heterocycles. The van der Waals surface area contributed by atoms with Crippen LogP contribution in [-0.4, -0.2) is 34.6 Å². The Morgan fingerprint density at radius 1 is 1.38 bits per heavy atom. The summed E-state index contributed by atoms with van der Waals surface area (Å²) in [6.45, 7) is 2.03. The first-order chi connectivity index (χ1) is 9.97.